The quantitative estimate of drug-likeness (QED) is 0.175. The lowest BCUT2D eigenvalue weighted by atomic mass is 9.47. The molecule has 0 aliphatic heterocycles. The van der Waals surface area contributed by atoms with E-state index in [9.17, 15) is 4.79 Å². The van der Waals surface area contributed by atoms with Crippen molar-refractivity contribution in [3.63, 3.8) is 0 Å². The van der Waals surface area contributed by atoms with Gasteiger partial charge in [0, 0.05) is 12.8 Å². The molecule has 2 heteroatoms. The number of ether oxygens (including phenoxy) is 1. The van der Waals surface area contributed by atoms with E-state index in [1.807, 2.05) is 0 Å². The van der Waals surface area contributed by atoms with Crippen LogP contribution in [0.25, 0.3) is 0 Å². The molecule has 0 spiro atoms. The number of hydrogen-bond acceptors (Lipinski definition) is 2. The molecule has 4 aliphatic carbocycles. The highest BCUT2D eigenvalue weighted by Crippen LogP contribution is 2.67. The molecule has 4 rings (SSSR count). The summed E-state index contributed by atoms with van der Waals surface area (Å²) in [6.45, 7) is 14.8. The molecule has 0 heterocycles. The van der Waals surface area contributed by atoms with Crippen molar-refractivity contribution < 1.29 is 9.53 Å². The van der Waals surface area contributed by atoms with Gasteiger partial charge < -0.3 is 4.74 Å². The summed E-state index contributed by atoms with van der Waals surface area (Å²) in [6, 6.07) is 0. The van der Waals surface area contributed by atoms with E-state index in [2.05, 4.69) is 47.6 Å². The molecule has 3 fully saturated rings. The molecule has 0 bridgehead atoms. The van der Waals surface area contributed by atoms with E-state index in [1.54, 1.807) is 5.57 Å². The minimum atomic E-state index is 0.0364. The highest BCUT2D eigenvalue weighted by molar-refractivity contribution is 5.69. The predicted octanol–water partition coefficient (Wildman–Crippen LogP) is 9.52. The molecule has 0 N–H and O–H groups in total. The second-order valence-corrected chi connectivity index (χ2v) is 14.1. The van der Waals surface area contributed by atoms with Gasteiger partial charge in [0.2, 0.25) is 0 Å². The third kappa shape index (κ3) is 5.57. The Kier molecular flexibility index (Phi) is 8.80. The van der Waals surface area contributed by atoms with Crippen LogP contribution in [0, 0.1) is 46.3 Å². The summed E-state index contributed by atoms with van der Waals surface area (Å²) < 4.78 is 5.96. The third-order valence-electron chi connectivity index (χ3n) is 11.5. The summed E-state index contributed by atoms with van der Waals surface area (Å²) in [4.78, 5) is 12.4. The summed E-state index contributed by atoms with van der Waals surface area (Å²) in [5.41, 5.74) is 2.54. The van der Waals surface area contributed by atoms with Gasteiger partial charge in [0.1, 0.15) is 6.10 Å². The van der Waals surface area contributed by atoms with Gasteiger partial charge in [-0.25, -0.2) is 0 Å². The molecule has 0 unspecified atom stereocenters. The molecular formula is C33H56O2. The smallest absolute Gasteiger partial charge is 0.306 e. The number of unbranched alkanes of at least 4 members (excludes halogenated alkanes) is 2. The van der Waals surface area contributed by atoms with E-state index in [0.717, 1.165) is 67.6 Å². The number of allylic oxidation sites excluding steroid dienone is 1. The maximum absolute atomic E-state index is 12.4. The molecule has 0 radical (unpaired) electrons. The minimum Gasteiger partial charge on any atom is -0.462 e. The van der Waals surface area contributed by atoms with Crippen LogP contribution in [0.5, 0.6) is 0 Å². The zero-order valence-corrected chi connectivity index (χ0v) is 24.0. The molecule has 0 amide bonds. The Balaban J connectivity index is 1.39. The Hall–Kier alpha value is -0.790. The van der Waals surface area contributed by atoms with Crippen LogP contribution in [-0.2, 0) is 9.53 Å². The van der Waals surface area contributed by atoms with Gasteiger partial charge in [-0.1, -0.05) is 85.3 Å². The van der Waals surface area contributed by atoms with E-state index in [1.165, 1.54) is 57.8 Å². The molecular weight excluding hydrogens is 428 g/mol. The first-order chi connectivity index (χ1) is 16.7. The Morgan fingerprint density at radius 3 is 2.54 bits per heavy atom. The normalized spacial score (nSPS) is 39.4. The molecule has 3 saturated carbocycles. The highest BCUT2D eigenvalue weighted by Gasteiger charge is 2.59. The van der Waals surface area contributed by atoms with E-state index >= 15 is 0 Å². The fraction of sp³-hybridized carbons (Fsp3) is 0.909. The maximum atomic E-state index is 12.4. The Bertz CT molecular complexity index is 752. The number of carbonyl (C=O) groups excluding carboxylic acids is 1. The topological polar surface area (TPSA) is 26.3 Å². The number of hydrogen-bond donors (Lipinski definition) is 0. The lowest BCUT2D eigenvalue weighted by Gasteiger charge is -2.58. The average Bonchev–Trinajstić information content (AvgIpc) is 3.16. The summed E-state index contributed by atoms with van der Waals surface area (Å²) in [5.74, 6) is 5.33. The van der Waals surface area contributed by atoms with Gasteiger partial charge in [-0.3, -0.25) is 4.79 Å². The van der Waals surface area contributed by atoms with Crippen molar-refractivity contribution in [3.8, 4) is 0 Å². The van der Waals surface area contributed by atoms with Crippen LogP contribution in [-0.4, -0.2) is 12.1 Å². The molecule has 0 aromatic carbocycles. The van der Waals surface area contributed by atoms with Gasteiger partial charge in [-0.2, -0.15) is 0 Å². The van der Waals surface area contributed by atoms with Crippen LogP contribution >= 0.6 is 0 Å². The van der Waals surface area contributed by atoms with Gasteiger partial charge >= 0.3 is 5.97 Å². The molecule has 0 aromatic heterocycles. The summed E-state index contributed by atoms with van der Waals surface area (Å²) >= 11 is 0. The van der Waals surface area contributed by atoms with Crippen molar-refractivity contribution in [2.45, 2.75) is 144 Å². The van der Waals surface area contributed by atoms with E-state index in [0.29, 0.717) is 17.3 Å². The third-order valence-corrected chi connectivity index (χ3v) is 11.5. The minimum absolute atomic E-state index is 0.0364. The molecule has 8 atom stereocenters. The maximum Gasteiger partial charge on any atom is 0.306 e. The van der Waals surface area contributed by atoms with Gasteiger partial charge in [-0.15, -0.1) is 0 Å². The number of fused-ring (bicyclic) bond motifs is 5. The standard InChI is InChI=1S/C33H56O2/c1-7-8-9-13-31(34)35-26-18-20-32(5)25(22-26)14-15-27-29-17-16-28(24(4)12-10-11-23(2)3)33(29,6)21-19-30(27)32/h14,23-24,26-30H,7-13,15-22H2,1-6H3/t24-,26-,27+,28-,29+,30+,32-,33+/m0/s1. The van der Waals surface area contributed by atoms with Gasteiger partial charge in [-0.05, 0) is 97.7 Å². The van der Waals surface area contributed by atoms with Crippen molar-refractivity contribution in [2.75, 3.05) is 0 Å². The van der Waals surface area contributed by atoms with Crippen LogP contribution < -0.4 is 0 Å². The van der Waals surface area contributed by atoms with Crippen molar-refractivity contribution in [2.24, 2.45) is 46.3 Å². The van der Waals surface area contributed by atoms with Crippen LogP contribution in [0.3, 0.4) is 0 Å². The van der Waals surface area contributed by atoms with Crippen molar-refractivity contribution >= 4 is 5.97 Å². The van der Waals surface area contributed by atoms with Gasteiger partial charge in [0.15, 0.2) is 0 Å². The van der Waals surface area contributed by atoms with Crippen LogP contribution in [0.4, 0.5) is 0 Å². The zero-order valence-electron chi connectivity index (χ0n) is 24.0. The molecule has 0 aromatic rings. The SMILES string of the molecule is CCCCCC(=O)O[C@H]1CC[C@@]2(C)C(=CC[C@@H]3[C@H]4CC[C@@H]([C@@H](C)CCCC(C)C)[C@@]4(C)CC[C@H]32)C1. The summed E-state index contributed by atoms with van der Waals surface area (Å²) in [5, 5.41) is 0. The van der Waals surface area contributed by atoms with E-state index in [4.69, 9.17) is 4.74 Å². The summed E-state index contributed by atoms with van der Waals surface area (Å²) in [7, 11) is 0. The van der Waals surface area contributed by atoms with E-state index in [-0.39, 0.29) is 12.1 Å². The lowest BCUT2D eigenvalue weighted by molar-refractivity contribution is -0.151. The molecule has 200 valence electrons. The second-order valence-electron chi connectivity index (χ2n) is 14.1. The van der Waals surface area contributed by atoms with Gasteiger partial charge in [0.25, 0.3) is 0 Å². The molecule has 35 heavy (non-hydrogen) atoms. The monoisotopic (exact) mass is 484 g/mol. The Morgan fingerprint density at radius 1 is 1.00 bits per heavy atom. The first kappa shape index (κ1) is 27.3. The molecule has 0 saturated heterocycles. The zero-order chi connectivity index (χ0) is 25.2. The van der Waals surface area contributed by atoms with Crippen molar-refractivity contribution in [1.82, 2.24) is 0 Å². The van der Waals surface area contributed by atoms with Crippen molar-refractivity contribution in [1.29, 1.82) is 0 Å². The van der Waals surface area contributed by atoms with Crippen LogP contribution in [0.15, 0.2) is 11.6 Å². The highest BCUT2D eigenvalue weighted by atomic mass is 16.5. The van der Waals surface area contributed by atoms with E-state index < -0.39 is 0 Å². The molecule has 2 nitrogen and oxygen atoms in total. The largest absolute Gasteiger partial charge is 0.462 e. The lowest BCUT2D eigenvalue weighted by Crippen LogP contribution is -2.51. The summed E-state index contributed by atoms with van der Waals surface area (Å²) in [6.07, 6.45) is 21.2. The number of carbonyl (C=O) groups is 1. The van der Waals surface area contributed by atoms with Crippen LogP contribution in [0.1, 0.15) is 138 Å². The first-order valence-corrected chi connectivity index (χ1v) is 15.6. The Labute approximate surface area is 217 Å². The van der Waals surface area contributed by atoms with Gasteiger partial charge in [0.05, 0.1) is 0 Å². The first-order valence-electron chi connectivity index (χ1n) is 15.6. The second kappa shape index (κ2) is 11.3. The molecule has 4 aliphatic rings. The fourth-order valence-electron chi connectivity index (χ4n) is 9.52. The predicted molar refractivity (Wildman–Crippen MR) is 147 cm³/mol. The number of rotatable bonds is 10. The fourth-order valence-corrected chi connectivity index (χ4v) is 9.52. The van der Waals surface area contributed by atoms with Crippen LogP contribution in [0.2, 0.25) is 0 Å². The number of esters is 1. The Morgan fingerprint density at radius 2 is 1.80 bits per heavy atom. The van der Waals surface area contributed by atoms with Crippen molar-refractivity contribution in [3.05, 3.63) is 11.6 Å². The average molecular weight is 485 g/mol.